The van der Waals surface area contributed by atoms with Gasteiger partial charge in [0.1, 0.15) is 5.75 Å². The lowest BCUT2D eigenvalue weighted by molar-refractivity contribution is 0.101. The van der Waals surface area contributed by atoms with E-state index in [4.69, 9.17) is 9.47 Å². The standard InChI is InChI=1S/C21H21NO4/c1-14-12-19(18-13-16(25-2)8-9-17(18)20(14)23)22-21(24)26-11-10-15-6-4-3-5-7-15/h3-9,13,19H,1,10-12H2,2H3,(H,22,24). The molecular weight excluding hydrogens is 330 g/mol. The molecule has 134 valence electrons. The van der Waals surface area contributed by atoms with Gasteiger partial charge >= 0.3 is 6.09 Å². The Morgan fingerprint density at radius 1 is 1.23 bits per heavy atom. The molecule has 1 aliphatic rings. The van der Waals surface area contributed by atoms with Gasteiger partial charge in [-0.15, -0.1) is 0 Å². The SMILES string of the molecule is C=C1CC(NC(=O)OCCc2ccccc2)c2cc(OC)ccc2C1=O. The maximum Gasteiger partial charge on any atom is 0.407 e. The first kappa shape index (κ1) is 17.7. The number of amides is 1. The van der Waals surface area contributed by atoms with Crippen molar-refractivity contribution in [2.45, 2.75) is 18.9 Å². The fourth-order valence-electron chi connectivity index (χ4n) is 3.02. The van der Waals surface area contributed by atoms with Gasteiger partial charge in [-0.3, -0.25) is 4.79 Å². The summed E-state index contributed by atoms with van der Waals surface area (Å²) in [7, 11) is 1.56. The molecule has 0 aliphatic heterocycles. The molecule has 0 saturated carbocycles. The van der Waals surface area contributed by atoms with Crippen LogP contribution >= 0.6 is 0 Å². The summed E-state index contributed by atoms with van der Waals surface area (Å²) in [5.74, 6) is 0.534. The predicted octanol–water partition coefficient (Wildman–Crippen LogP) is 3.85. The van der Waals surface area contributed by atoms with Gasteiger partial charge in [-0.2, -0.15) is 0 Å². The summed E-state index contributed by atoms with van der Waals surface area (Å²) in [4.78, 5) is 24.5. The molecule has 5 heteroatoms. The number of hydrogen-bond donors (Lipinski definition) is 1. The minimum atomic E-state index is -0.512. The van der Waals surface area contributed by atoms with Crippen LogP contribution in [0.25, 0.3) is 0 Å². The van der Waals surface area contributed by atoms with Crippen LogP contribution in [-0.2, 0) is 11.2 Å². The first-order valence-corrected chi connectivity index (χ1v) is 8.46. The highest BCUT2D eigenvalue weighted by atomic mass is 16.5. The van der Waals surface area contributed by atoms with Gasteiger partial charge in [-0.05, 0) is 34.9 Å². The molecule has 2 aromatic carbocycles. The average Bonchev–Trinajstić information content (AvgIpc) is 2.66. The lowest BCUT2D eigenvalue weighted by Gasteiger charge is -2.27. The number of nitrogens with one attached hydrogen (secondary N) is 1. The molecule has 1 atom stereocenters. The molecule has 0 aromatic heterocycles. The summed E-state index contributed by atoms with van der Waals surface area (Å²) >= 11 is 0. The van der Waals surface area contributed by atoms with Gasteiger partial charge in [0.2, 0.25) is 0 Å². The van der Waals surface area contributed by atoms with Gasteiger partial charge in [0.05, 0.1) is 19.8 Å². The van der Waals surface area contributed by atoms with Crippen LogP contribution in [0.5, 0.6) is 5.75 Å². The van der Waals surface area contributed by atoms with Crippen LogP contribution in [-0.4, -0.2) is 25.6 Å². The number of carbonyl (C=O) groups excluding carboxylic acids is 2. The lowest BCUT2D eigenvalue weighted by atomic mass is 9.84. The highest BCUT2D eigenvalue weighted by molar-refractivity contribution is 6.10. The zero-order valence-electron chi connectivity index (χ0n) is 14.7. The quantitative estimate of drug-likeness (QED) is 0.831. The fraction of sp³-hybridized carbons (Fsp3) is 0.238. The van der Waals surface area contributed by atoms with E-state index < -0.39 is 6.09 Å². The number of fused-ring (bicyclic) bond motifs is 1. The molecular formula is C21H21NO4. The van der Waals surface area contributed by atoms with Crippen LogP contribution in [0.2, 0.25) is 0 Å². The summed E-state index contributed by atoms with van der Waals surface area (Å²) in [6.45, 7) is 4.11. The van der Waals surface area contributed by atoms with E-state index in [1.54, 1.807) is 25.3 Å². The second-order valence-electron chi connectivity index (χ2n) is 6.16. The van der Waals surface area contributed by atoms with Crippen LogP contribution in [0.4, 0.5) is 4.79 Å². The van der Waals surface area contributed by atoms with Gasteiger partial charge in [0.25, 0.3) is 0 Å². The number of hydrogen-bond acceptors (Lipinski definition) is 4. The van der Waals surface area contributed by atoms with Crippen LogP contribution < -0.4 is 10.1 Å². The number of rotatable bonds is 5. The Hall–Kier alpha value is -3.08. The van der Waals surface area contributed by atoms with E-state index in [2.05, 4.69) is 11.9 Å². The number of ether oxygens (including phenoxy) is 2. The van der Waals surface area contributed by atoms with E-state index in [-0.39, 0.29) is 18.4 Å². The second-order valence-corrected chi connectivity index (χ2v) is 6.16. The summed E-state index contributed by atoms with van der Waals surface area (Å²) < 4.78 is 10.5. The maximum atomic E-state index is 12.3. The highest BCUT2D eigenvalue weighted by Crippen LogP contribution is 2.34. The summed E-state index contributed by atoms with van der Waals surface area (Å²) in [5.41, 5.74) is 2.84. The minimum Gasteiger partial charge on any atom is -0.497 e. The monoisotopic (exact) mass is 351 g/mol. The first-order chi connectivity index (χ1) is 12.6. The van der Waals surface area contributed by atoms with Crippen molar-refractivity contribution < 1.29 is 19.1 Å². The smallest absolute Gasteiger partial charge is 0.407 e. The number of carbonyl (C=O) groups is 2. The van der Waals surface area contributed by atoms with Crippen molar-refractivity contribution in [1.82, 2.24) is 5.32 Å². The molecule has 0 spiro atoms. The summed E-state index contributed by atoms with van der Waals surface area (Å²) in [5, 5.41) is 2.83. The van der Waals surface area contributed by atoms with Crippen LogP contribution in [0, 0.1) is 0 Å². The van der Waals surface area contributed by atoms with Crippen LogP contribution in [0.15, 0.2) is 60.7 Å². The molecule has 0 fully saturated rings. The van der Waals surface area contributed by atoms with Crippen LogP contribution in [0.3, 0.4) is 0 Å². The topological polar surface area (TPSA) is 64.6 Å². The molecule has 1 unspecified atom stereocenters. The Morgan fingerprint density at radius 2 is 2.00 bits per heavy atom. The van der Waals surface area contributed by atoms with Crippen molar-refractivity contribution in [3.63, 3.8) is 0 Å². The largest absolute Gasteiger partial charge is 0.497 e. The molecule has 0 heterocycles. The zero-order valence-corrected chi connectivity index (χ0v) is 14.7. The molecule has 1 aliphatic carbocycles. The van der Waals surface area contributed by atoms with Crippen molar-refractivity contribution in [2.24, 2.45) is 0 Å². The molecule has 0 saturated heterocycles. The second kappa shape index (κ2) is 7.87. The fourth-order valence-corrected chi connectivity index (χ4v) is 3.02. The third-order valence-corrected chi connectivity index (χ3v) is 4.41. The number of methoxy groups -OCH3 is 1. The van der Waals surface area contributed by atoms with E-state index in [9.17, 15) is 9.59 Å². The Balaban J connectivity index is 1.65. The maximum absolute atomic E-state index is 12.3. The number of ketones is 1. The van der Waals surface area contributed by atoms with E-state index in [1.807, 2.05) is 30.3 Å². The van der Waals surface area contributed by atoms with Gasteiger partial charge in [0.15, 0.2) is 5.78 Å². The molecule has 26 heavy (non-hydrogen) atoms. The molecule has 3 rings (SSSR count). The average molecular weight is 351 g/mol. The number of benzene rings is 2. The van der Waals surface area contributed by atoms with E-state index >= 15 is 0 Å². The van der Waals surface area contributed by atoms with Crippen molar-refractivity contribution in [3.05, 3.63) is 77.4 Å². The molecule has 0 bridgehead atoms. The molecule has 2 aromatic rings. The van der Waals surface area contributed by atoms with Gasteiger partial charge in [0, 0.05) is 18.4 Å². The van der Waals surface area contributed by atoms with Crippen molar-refractivity contribution in [1.29, 1.82) is 0 Å². The zero-order chi connectivity index (χ0) is 18.5. The molecule has 1 amide bonds. The van der Waals surface area contributed by atoms with Crippen molar-refractivity contribution in [2.75, 3.05) is 13.7 Å². The van der Waals surface area contributed by atoms with Crippen molar-refractivity contribution >= 4 is 11.9 Å². The Kier molecular flexibility index (Phi) is 5.37. The van der Waals surface area contributed by atoms with E-state index in [0.29, 0.717) is 29.7 Å². The van der Waals surface area contributed by atoms with Gasteiger partial charge < -0.3 is 14.8 Å². The normalized spacial score (nSPS) is 16.0. The number of alkyl carbamates (subject to hydrolysis) is 1. The van der Waals surface area contributed by atoms with Gasteiger partial charge in [-0.25, -0.2) is 4.79 Å². The Labute approximate surface area is 152 Å². The predicted molar refractivity (Wildman–Crippen MR) is 98.5 cm³/mol. The Morgan fingerprint density at radius 3 is 2.73 bits per heavy atom. The summed E-state index contributed by atoms with van der Waals surface area (Å²) in [6.07, 6.45) is 0.489. The third kappa shape index (κ3) is 3.94. The Bertz CT molecular complexity index is 829. The third-order valence-electron chi connectivity index (χ3n) is 4.41. The van der Waals surface area contributed by atoms with Crippen LogP contribution in [0.1, 0.15) is 33.9 Å². The van der Waals surface area contributed by atoms with Gasteiger partial charge in [-0.1, -0.05) is 36.9 Å². The summed E-state index contributed by atoms with van der Waals surface area (Å²) in [6, 6.07) is 14.7. The van der Waals surface area contributed by atoms with E-state index in [1.165, 1.54) is 0 Å². The number of Topliss-reactive ketones (excluding diaryl/α,β-unsaturated/α-hetero) is 1. The highest BCUT2D eigenvalue weighted by Gasteiger charge is 2.30. The lowest BCUT2D eigenvalue weighted by Crippen LogP contribution is -2.33. The first-order valence-electron chi connectivity index (χ1n) is 8.46. The van der Waals surface area contributed by atoms with E-state index in [0.717, 1.165) is 11.1 Å². The molecule has 1 N–H and O–H groups in total. The molecule has 5 nitrogen and oxygen atoms in total. The minimum absolute atomic E-state index is 0.0989. The van der Waals surface area contributed by atoms with Crippen molar-refractivity contribution in [3.8, 4) is 5.75 Å². The molecule has 0 radical (unpaired) electrons.